The maximum Gasteiger partial charge on any atom is 0.227 e. The lowest BCUT2D eigenvalue weighted by molar-refractivity contribution is -0.129. The largest absolute Gasteiger partial charge is 0.494 e. The predicted molar refractivity (Wildman–Crippen MR) is 138 cm³/mol. The summed E-state index contributed by atoms with van der Waals surface area (Å²) in [5.41, 5.74) is 3.39. The summed E-state index contributed by atoms with van der Waals surface area (Å²) in [6.45, 7) is 8.30. The van der Waals surface area contributed by atoms with E-state index in [0.717, 1.165) is 99.3 Å². The molecular weight excluding hydrogens is 424 g/mol. The number of hydrogen-bond acceptors (Lipinski definition) is 3. The minimum absolute atomic E-state index is 0.222. The standard InChI is InChI=1S/C29H38N2O3/c1-3-5-16-33-25-11-9-10-23(18-25)21-31-22-24(19-29(32)30-14-7-8-15-30)27-20-26(12-13-28(27)31)34-17-6-4-2/h9-13,18,20,22H,3-8,14-17,19,21H2,1-2H3. The number of rotatable bonds is 12. The SMILES string of the molecule is CCCCOc1cccc(Cn2cc(CC(=O)N3CCCC3)c3cc(OCCCC)ccc32)c1. The molecule has 1 aliphatic heterocycles. The number of nitrogens with zero attached hydrogens (tertiary/aromatic N) is 2. The van der Waals surface area contributed by atoms with Crippen molar-refractivity contribution in [2.75, 3.05) is 26.3 Å². The van der Waals surface area contributed by atoms with Gasteiger partial charge in [0.05, 0.1) is 19.6 Å². The lowest BCUT2D eigenvalue weighted by Crippen LogP contribution is -2.28. The van der Waals surface area contributed by atoms with Crippen LogP contribution in [0.1, 0.15) is 63.5 Å². The van der Waals surface area contributed by atoms with Crippen LogP contribution in [0.2, 0.25) is 0 Å². The van der Waals surface area contributed by atoms with E-state index in [4.69, 9.17) is 9.47 Å². The predicted octanol–water partition coefficient (Wildman–Crippen LogP) is 6.21. The van der Waals surface area contributed by atoms with Crippen molar-refractivity contribution in [1.29, 1.82) is 0 Å². The summed E-state index contributed by atoms with van der Waals surface area (Å²) >= 11 is 0. The molecule has 2 heterocycles. The van der Waals surface area contributed by atoms with Crippen molar-refractivity contribution >= 4 is 16.8 Å². The fraction of sp³-hybridized carbons (Fsp3) is 0.483. The van der Waals surface area contributed by atoms with Crippen LogP contribution in [-0.2, 0) is 17.8 Å². The highest BCUT2D eigenvalue weighted by Gasteiger charge is 2.20. The molecule has 5 heteroatoms. The molecule has 2 aromatic carbocycles. The van der Waals surface area contributed by atoms with Crippen molar-refractivity contribution in [3.63, 3.8) is 0 Å². The number of unbranched alkanes of at least 4 members (excludes halogenated alkanes) is 2. The lowest BCUT2D eigenvalue weighted by atomic mass is 10.1. The Kier molecular flexibility index (Phi) is 8.51. The smallest absolute Gasteiger partial charge is 0.227 e. The normalized spacial score (nSPS) is 13.5. The molecule has 0 unspecified atom stereocenters. The Morgan fingerprint density at radius 3 is 2.32 bits per heavy atom. The van der Waals surface area contributed by atoms with Crippen molar-refractivity contribution in [3.05, 3.63) is 59.8 Å². The van der Waals surface area contributed by atoms with Gasteiger partial charge in [-0.25, -0.2) is 0 Å². The third-order valence-corrected chi connectivity index (χ3v) is 6.52. The van der Waals surface area contributed by atoms with E-state index >= 15 is 0 Å². The first kappa shape index (κ1) is 24.2. The minimum atomic E-state index is 0.222. The third-order valence-electron chi connectivity index (χ3n) is 6.52. The van der Waals surface area contributed by atoms with E-state index in [-0.39, 0.29) is 5.91 Å². The van der Waals surface area contributed by atoms with Crippen molar-refractivity contribution in [3.8, 4) is 11.5 Å². The average Bonchev–Trinajstić information content (AvgIpc) is 3.49. The van der Waals surface area contributed by atoms with Gasteiger partial charge in [-0.15, -0.1) is 0 Å². The van der Waals surface area contributed by atoms with E-state index < -0.39 is 0 Å². The highest BCUT2D eigenvalue weighted by atomic mass is 16.5. The number of carbonyl (C=O) groups excluding carboxylic acids is 1. The van der Waals surface area contributed by atoms with E-state index in [1.807, 2.05) is 17.0 Å². The van der Waals surface area contributed by atoms with Gasteiger partial charge in [-0.3, -0.25) is 4.79 Å². The molecule has 34 heavy (non-hydrogen) atoms. The van der Waals surface area contributed by atoms with Crippen LogP contribution in [-0.4, -0.2) is 41.7 Å². The monoisotopic (exact) mass is 462 g/mol. The zero-order valence-corrected chi connectivity index (χ0v) is 20.7. The van der Waals surface area contributed by atoms with Gasteiger partial charge in [-0.05, 0) is 67.1 Å². The van der Waals surface area contributed by atoms with Gasteiger partial charge in [0.15, 0.2) is 0 Å². The van der Waals surface area contributed by atoms with Crippen LogP contribution < -0.4 is 9.47 Å². The summed E-state index contributed by atoms with van der Waals surface area (Å²) < 4.78 is 14.1. The Bertz CT molecular complexity index is 1080. The average molecular weight is 463 g/mol. The summed E-state index contributed by atoms with van der Waals surface area (Å²) in [6, 6.07) is 14.6. The van der Waals surface area contributed by atoms with E-state index in [1.165, 1.54) is 5.56 Å². The molecule has 1 aromatic heterocycles. The number of benzene rings is 2. The van der Waals surface area contributed by atoms with Gasteiger partial charge in [-0.1, -0.05) is 38.8 Å². The zero-order valence-electron chi connectivity index (χ0n) is 20.7. The van der Waals surface area contributed by atoms with Crippen LogP contribution in [0.4, 0.5) is 0 Å². The first-order chi connectivity index (χ1) is 16.7. The molecule has 5 nitrogen and oxygen atoms in total. The summed E-state index contributed by atoms with van der Waals surface area (Å²) in [5, 5.41) is 1.11. The minimum Gasteiger partial charge on any atom is -0.494 e. The van der Waals surface area contributed by atoms with Crippen molar-refractivity contribution in [2.24, 2.45) is 0 Å². The van der Waals surface area contributed by atoms with E-state index in [1.54, 1.807) is 0 Å². The Balaban J connectivity index is 1.59. The summed E-state index contributed by atoms with van der Waals surface area (Å²) in [5.74, 6) is 2.01. The summed E-state index contributed by atoms with van der Waals surface area (Å²) in [6.07, 6.45) is 9.13. The van der Waals surface area contributed by atoms with Crippen LogP contribution in [0, 0.1) is 0 Å². The molecule has 4 rings (SSSR count). The molecule has 0 atom stereocenters. The number of aromatic nitrogens is 1. The van der Waals surface area contributed by atoms with Crippen LogP contribution >= 0.6 is 0 Å². The fourth-order valence-electron chi connectivity index (χ4n) is 4.55. The number of ether oxygens (including phenoxy) is 2. The fourth-order valence-corrected chi connectivity index (χ4v) is 4.55. The van der Waals surface area contributed by atoms with Crippen molar-refractivity contribution < 1.29 is 14.3 Å². The first-order valence-corrected chi connectivity index (χ1v) is 12.9. The molecule has 182 valence electrons. The van der Waals surface area contributed by atoms with Gasteiger partial charge in [0.25, 0.3) is 0 Å². The summed E-state index contributed by atoms with van der Waals surface area (Å²) in [4.78, 5) is 15.0. The third kappa shape index (κ3) is 6.13. The molecule has 0 aliphatic carbocycles. The Labute approximate surface area is 203 Å². The van der Waals surface area contributed by atoms with Gasteiger partial charge in [-0.2, -0.15) is 0 Å². The highest BCUT2D eigenvalue weighted by molar-refractivity contribution is 5.90. The maximum atomic E-state index is 13.0. The molecule has 1 amide bonds. The second-order valence-electron chi connectivity index (χ2n) is 9.28. The van der Waals surface area contributed by atoms with E-state index in [2.05, 4.69) is 54.9 Å². The van der Waals surface area contributed by atoms with Gasteiger partial charge >= 0.3 is 0 Å². The second-order valence-corrected chi connectivity index (χ2v) is 9.28. The number of fused-ring (bicyclic) bond motifs is 1. The molecule has 1 fully saturated rings. The molecular formula is C29H38N2O3. The van der Waals surface area contributed by atoms with Crippen LogP contribution in [0.15, 0.2) is 48.7 Å². The molecule has 1 aliphatic rings. The lowest BCUT2D eigenvalue weighted by Gasteiger charge is -2.14. The second kappa shape index (κ2) is 12.0. The molecule has 0 saturated carbocycles. The van der Waals surface area contributed by atoms with Gasteiger partial charge < -0.3 is 18.9 Å². The highest BCUT2D eigenvalue weighted by Crippen LogP contribution is 2.29. The quantitative estimate of drug-likeness (QED) is 0.301. The molecule has 0 spiro atoms. The molecule has 0 radical (unpaired) electrons. The van der Waals surface area contributed by atoms with Crippen LogP contribution in [0.3, 0.4) is 0 Å². The first-order valence-electron chi connectivity index (χ1n) is 12.9. The molecule has 0 bridgehead atoms. The van der Waals surface area contributed by atoms with Crippen molar-refractivity contribution in [2.45, 2.75) is 65.3 Å². The number of carbonyl (C=O) groups is 1. The van der Waals surface area contributed by atoms with Gasteiger partial charge in [0.2, 0.25) is 5.91 Å². The Morgan fingerprint density at radius 1 is 0.912 bits per heavy atom. The Hall–Kier alpha value is -2.95. The van der Waals surface area contributed by atoms with E-state index in [0.29, 0.717) is 6.42 Å². The maximum absolute atomic E-state index is 13.0. The zero-order chi connectivity index (χ0) is 23.8. The molecule has 0 N–H and O–H groups in total. The van der Waals surface area contributed by atoms with E-state index in [9.17, 15) is 4.79 Å². The van der Waals surface area contributed by atoms with Crippen molar-refractivity contribution in [1.82, 2.24) is 9.47 Å². The molecule has 3 aromatic rings. The van der Waals surface area contributed by atoms with Gasteiger partial charge in [0.1, 0.15) is 11.5 Å². The number of hydrogen-bond donors (Lipinski definition) is 0. The number of amides is 1. The number of likely N-dealkylation sites (tertiary alicyclic amines) is 1. The van der Waals surface area contributed by atoms with Crippen LogP contribution in [0.5, 0.6) is 11.5 Å². The van der Waals surface area contributed by atoms with Crippen LogP contribution in [0.25, 0.3) is 10.9 Å². The molecule has 1 saturated heterocycles. The topological polar surface area (TPSA) is 43.7 Å². The van der Waals surface area contributed by atoms with Gasteiger partial charge in [0, 0.05) is 36.7 Å². The summed E-state index contributed by atoms with van der Waals surface area (Å²) in [7, 11) is 0. The Morgan fingerprint density at radius 2 is 1.62 bits per heavy atom.